The fourth-order valence-electron chi connectivity index (χ4n) is 1.84. The lowest BCUT2D eigenvalue weighted by molar-refractivity contribution is 0.513. The van der Waals surface area contributed by atoms with Crippen LogP contribution >= 0.6 is 23.2 Å². The van der Waals surface area contributed by atoms with Gasteiger partial charge in [-0.15, -0.1) is 21.8 Å². The minimum atomic E-state index is -0.461. The maximum absolute atomic E-state index is 6.34. The molecule has 1 aromatic heterocycles. The van der Waals surface area contributed by atoms with Crippen LogP contribution < -0.4 is 0 Å². The molecule has 1 heterocycles. The molecule has 5 heteroatoms. The summed E-state index contributed by atoms with van der Waals surface area (Å²) in [6.45, 7) is 0. The number of benzene rings is 2. The summed E-state index contributed by atoms with van der Waals surface area (Å²) in [7, 11) is 0. The van der Waals surface area contributed by atoms with Crippen LogP contribution in [0.5, 0.6) is 0 Å². The number of alkyl halides is 1. The third-order valence-electron chi connectivity index (χ3n) is 2.82. The van der Waals surface area contributed by atoms with Gasteiger partial charge in [0.15, 0.2) is 0 Å². The maximum Gasteiger partial charge on any atom is 0.247 e. The van der Waals surface area contributed by atoms with Gasteiger partial charge in [0.2, 0.25) is 11.8 Å². The van der Waals surface area contributed by atoms with E-state index >= 15 is 0 Å². The zero-order valence-corrected chi connectivity index (χ0v) is 11.8. The number of rotatable bonds is 3. The van der Waals surface area contributed by atoms with Gasteiger partial charge in [0.25, 0.3) is 0 Å². The first-order valence-electron chi connectivity index (χ1n) is 6.02. The molecule has 3 nitrogen and oxygen atoms in total. The van der Waals surface area contributed by atoms with E-state index in [1.807, 2.05) is 42.5 Å². The molecule has 0 N–H and O–H groups in total. The van der Waals surface area contributed by atoms with Crippen LogP contribution in [0.4, 0.5) is 0 Å². The number of nitrogens with zero attached hydrogens (tertiary/aromatic N) is 2. The van der Waals surface area contributed by atoms with Crippen LogP contribution in [0.25, 0.3) is 11.5 Å². The van der Waals surface area contributed by atoms with Crippen molar-refractivity contribution in [1.82, 2.24) is 10.2 Å². The van der Waals surface area contributed by atoms with Gasteiger partial charge in [0, 0.05) is 10.6 Å². The lowest BCUT2D eigenvalue weighted by Crippen LogP contribution is -1.92. The van der Waals surface area contributed by atoms with E-state index in [1.165, 1.54) is 0 Å². The van der Waals surface area contributed by atoms with E-state index < -0.39 is 5.38 Å². The molecule has 0 aliphatic carbocycles. The van der Waals surface area contributed by atoms with Crippen molar-refractivity contribution in [3.63, 3.8) is 0 Å². The highest BCUT2D eigenvalue weighted by Crippen LogP contribution is 2.30. The summed E-state index contributed by atoms with van der Waals surface area (Å²) in [4.78, 5) is 0. The molecule has 0 radical (unpaired) electrons. The molecule has 0 bridgehead atoms. The third kappa shape index (κ3) is 2.69. The van der Waals surface area contributed by atoms with Gasteiger partial charge in [0.1, 0.15) is 5.38 Å². The smallest absolute Gasteiger partial charge is 0.247 e. The van der Waals surface area contributed by atoms with Crippen LogP contribution in [0.3, 0.4) is 0 Å². The van der Waals surface area contributed by atoms with Crippen molar-refractivity contribution in [2.24, 2.45) is 0 Å². The van der Waals surface area contributed by atoms with Crippen molar-refractivity contribution in [3.8, 4) is 11.5 Å². The predicted octanol–water partition coefficient (Wildman–Crippen LogP) is 4.72. The summed E-state index contributed by atoms with van der Waals surface area (Å²) < 4.78 is 5.63. The second kappa shape index (κ2) is 5.65. The largest absolute Gasteiger partial charge is 0.419 e. The van der Waals surface area contributed by atoms with Crippen molar-refractivity contribution in [3.05, 3.63) is 71.1 Å². The summed E-state index contributed by atoms with van der Waals surface area (Å²) in [6, 6.07) is 16.8. The Hall–Kier alpha value is -1.84. The summed E-state index contributed by atoms with van der Waals surface area (Å²) in [6.07, 6.45) is 0. The monoisotopic (exact) mass is 304 g/mol. The highest BCUT2D eigenvalue weighted by molar-refractivity contribution is 6.30. The Balaban J connectivity index is 1.91. The van der Waals surface area contributed by atoms with Crippen LogP contribution in [0.1, 0.15) is 16.8 Å². The normalized spacial score (nSPS) is 12.3. The zero-order valence-electron chi connectivity index (χ0n) is 10.3. The summed E-state index contributed by atoms with van der Waals surface area (Å²) in [5.74, 6) is 0.775. The Morgan fingerprint density at radius 1 is 0.950 bits per heavy atom. The van der Waals surface area contributed by atoms with E-state index in [9.17, 15) is 0 Å². The minimum Gasteiger partial charge on any atom is -0.419 e. The fraction of sp³-hybridized carbons (Fsp3) is 0.0667. The molecular formula is C15H10Cl2N2O. The molecule has 0 aliphatic rings. The van der Waals surface area contributed by atoms with E-state index in [4.69, 9.17) is 27.6 Å². The van der Waals surface area contributed by atoms with E-state index in [2.05, 4.69) is 10.2 Å². The van der Waals surface area contributed by atoms with Gasteiger partial charge in [-0.25, -0.2) is 0 Å². The summed E-state index contributed by atoms with van der Waals surface area (Å²) in [5, 5.41) is 8.18. The standard InChI is InChI=1S/C15H10Cl2N2O/c16-12-8-4-7-11(9-12)14-18-19-15(20-14)13(17)10-5-2-1-3-6-10/h1-9,13H. The zero-order chi connectivity index (χ0) is 13.9. The first-order chi connectivity index (χ1) is 9.74. The van der Waals surface area contributed by atoms with Gasteiger partial charge in [-0.2, -0.15) is 0 Å². The molecule has 20 heavy (non-hydrogen) atoms. The van der Waals surface area contributed by atoms with Crippen molar-refractivity contribution >= 4 is 23.2 Å². The van der Waals surface area contributed by atoms with Gasteiger partial charge >= 0.3 is 0 Å². The Kier molecular flexibility index (Phi) is 3.72. The first-order valence-corrected chi connectivity index (χ1v) is 6.84. The third-order valence-corrected chi connectivity index (χ3v) is 3.49. The van der Waals surface area contributed by atoms with Gasteiger partial charge in [-0.1, -0.05) is 48.0 Å². The number of hydrogen-bond donors (Lipinski definition) is 0. The van der Waals surface area contributed by atoms with Crippen LogP contribution in [0.15, 0.2) is 59.0 Å². The van der Waals surface area contributed by atoms with Crippen molar-refractivity contribution in [1.29, 1.82) is 0 Å². The van der Waals surface area contributed by atoms with Gasteiger partial charge in [0.05, 0.1) is 0 Å². The Morgan fingerprint density at radius 3 is 2.50 bits per heavy atom. The molecule has 0 spiro atoms. The van der Waals surface area contributed by atoms with Crippen LogP contribution in [-0.2, 0) is 0 Å². The highest BCUT2D eigenvalue weighted by Gasteiger charge is 2.18. The molecular weight excluding hydrogens is 295 g/mol. The molecule has 0 amide bonds. The van der Waals surface area contributed by atoms with Crippen LogP contribution in [-0.4, -0.2) is 10.2 Å². The SMILES string of the molecule is Clc1cccc(-c2nnc(C(Cl)c3ccccc3)o2)c1. The Morgan fingerprint density at radius 2 is 1.75 bits per heavy atom. The highest BCUT2D eigenvalue weighted by atomic mass is 35.5. The van der Waals surface area contributed by atoms with Gasteiger partial charge in [-0.3, -0.25) is 0 Å². The summed E-state index contributed by atoms with van der Waals surface area (Å²) >= 11 is 12.3. The number of halogens is 2. The second-order valence-electron chi connectivity index (χ2n) is 4.23. The lowest BCUT2D eigenvalue weighted by atomic mass is 10.1. The van der Waals surface area contributed by atoms with E-state index in [-0.39, 0.29) is 0 Å². The lowest BCUT2D eigenvalue weighted by Gasteiger charge is -2.03. The van der Waals surface area contributed by atoms with Crippen LogP contribution in [0, 0.1) is 0 Å². The van der Waals surface area contributed by atoms with Crippen molar-refractivity contribution < 1.29 is 4.42 Å². The van der Waals surface area contributed by atoms with Gasteiger partial charge < -0.3 is 4.42 Å². The molecule has 100 valence electrons. The minimum absolute atomic E-state index is 0.368. The Labute approximate surface area is 126 Å². The second-order valence-corrected chi connectivity index (χ2v) is 5.10. The van der Waals surface area contributed by atoms with E-state index in [0.717, 1.165) is 11.1 Å². The van der Waals surface area contributed by atoms with Crippen molar-refractivity contribution in [2.45, 2.75) is 5.38 Å². The van der Waals surface area contributed by atoms with E-state index in [1.54, 1.807) is 12.1 Å². The van der Waals surface area contributed by atoms with E-state index in [0.29, 0.717) is 16.8 Å². The molecule has 3 rings (SSSR count). The quantitative estimate of drug-likeness (QED) is 0.657. The molecule has 1 unspecified atom stereocenters. The first kappa shape index (κ1) is 13.2. The molecule has 0 saturated heterocycles. The predicted molar refractivity (Wildman–Crippen MR) is 78.9 cm³/mol. The van der Waals surface area contributed by atoms with Crippen LogP contribution in [0.2, 0.25) is 5.02 Å². The topological polar surface area (TPSA) is 38.9 Å². The maximum atomic E-state index is 6.34. The molecule has 1 atom stereocenters. The fourth-order valence-corrected chi connectivity index (χ4v) is 2.26. The number of hydrogen-bond acceptors (Lipinski definition) is 3. The Bertz CT molecular complexity index is 713. The summed E-state index contributed by atoms with van der Waals surface area (Å²) in [5.41, 5.74) is 1.68. The molecule has 3 aromatic rings. The molecule has 2 aromatic carbocycles. The molecule has 0 aliphatic heterocycles. The molecule has 0 fully saturated rings. The van der Waals surface area contributed by atoms with Crippen molar-refractivity contribution in [2.75, 3.05) is 0 Å². The number of aromatic nitrogens is 2. The average molecular weight is 305 g/mol. The molecule has 0 saturated carbocycles. The average Bonchev–Trinajstić information content (AvgIpc) is 2.97. The van der Waals surface area contributed by atoms with Gasteiger partial charge in [-0.05, 0) is 23.8 Å².